The van der Waals surface area contributed by atoms with Crippen LogP contribution in [-0.4, -0.2) is 14.1 Å². The summed E-state index contributed by atoms with van der Waals surface area (Å²) in [5.74, 6) is 0. The fourth-order valence-corrected chi connectivity index (χ4v) is 1.76. The van der Waals surface area contributed by atoms with Crippen LogP contribution in [0.3, 0.4) is 0 Å². The van der Waals surface area contributed by atoms with Crippen LogP contribution in [0.5, 0.6) is 0 Å². The van der Waals surface area contributed by atoms with Crippen molar-refractivity contribution in [2.24, 2.45) is 10.1 Å². The molecule has 5 heteroatoms. The molecule has 1 aliphatic carbocycles. The standard InChI is InChI=1S/C9H10N2O2S/c1-3-11-9-7(2)5-4-6-8(9)14(10,12)13/h3-6H,1-2H2,(H2,10,12,13). The summed E-state index contributed by atoms with van der Waals surface area (Å²) in [6.07, 6.45) is 5.84. The molecule has 0 aromatic heterocycles. The average Bonchev–Trinajstić information content (AvgIpc) is 2.07. The number of nitrogens with zero attached hydrogens (tertiary/aromatic N) is 1. The van der Waals surface area contributed by atoms with Gasteiger partial charge in [-0.3, -0.25) is 4.99 Å². The number of allylic oxidation sites excluding steroid dienone is 5. The summed E-state index contributed by atoms with van der Waals surface area (Å²) in [5.41, 5.74) is 0.737. The third-order valence-corrected chi connectivity index (χ3v) is 2.55. The Morgan fingerprint density at radius 1 is 1.50 bits per heavy atom. The molecule has 14 heavy (non-hydrogen) atoms. The highest BCUT2D eigenvalue weighted by atomic mass is 32.2. The van der Waals surface area contributed by atoms with Crippen molar-refractivity contribution in [1.82, 2.24) is 0 Å². The van der Waals surface area contributed by atoms with Crippen molar-refractivity contribution < 1.29 is 8.42 Å². The largest absolute Gasteiger partial charge is 0.255 e. The summed E-state index contributed by atoms with van der Waals surface area (Å²) in [6.45, 7) is 7.04. The van der Waals surface area contributed by atoms with Crippen molar-refractivity contribution >= 4 is 15.7 Å². The molecule has 0 radical (unpaired) electrons. The van der Waals surface area contributed by atoms with Crippen LogP contribution in [-0.2, 0) is 10.0 Å². The van der Waals surface area contributed by atoms with E-state index in [1.54, 1.807) is 12.2 Å². The number of nitrogens with two attached hydrogens (primary N) is 1. The van der Waals surface area contributed by atoms with Crippen LogP contribution in [0, 0.1) is 0 Å². The first kappa shape index (κ1) is 10.6. The van der Waals surface area contributed by atoms with Gasteiger partial charge in [0.2, 0.25) is 10.0 Å². The fourth-order valence-electron chi connectivity index (χ4n) is 1.04. The molecule has 0 fully saturated rings. The van der Waals surface area contributed by atoms with Gasteiger partial charge in [-0.2, -0.15) is 0 Å². The number of aliphatic imine (C=N–C) groups is 1. The Morgan fingerprint density at radius 2 is 2.14 bits per heavy atom. The van der Waals surface area contributed by atoms with Crippen molar-refractivity contribution in [1.29, 1.82) is 0 Å². The lowest BCUT2D eigenvalue weighted by Crippen LogP contribution is -2.22. The number of hydrogen-bond acceptors (Lipinski definition) is 3. The molecular weight excluding hydrogens is 200 g/mol. The molecule has 1 aliphatic rings. The molecule has 0 spiro atoms. The zero-order valence-electron chi connectivity index (χ0n) is 7.47. The highest BCUT2D eigenvalue weighted by Crippen LogP contribution is 2.17. The van der Waals surface area contributed by atoms with E-state index in [4.69, 9.17) is 5.14 Å². The summed E-state index contributed by atoms with van der Waals surface area (Å²) in [7, 11) is -3.76. The van der Waals surface area contributed by atoms with E-state index in [2.05, 4.69) is 18.2 Å². The van der Waals surface area contributed by atoms with Gasteiger partial charge in [0.25, 0.3) is 0 Å². The Labute approximate surface area is 82.9 Å². The summed E-state index contributed by atoms with van der Waals surface area (Å²) in [5, 5.41) is 5.01. The van der Waals surface area contributed by atoms with E-state index in [-0.39, 0.29) is 10.6 Å². The number of sulfonamides is 1. The Hall–Kier alpha value is -1.46. The van der Waals surface area contributed by atoms with E-state index in [0.29, 0.717) is 5.57 Å². The molecule has 0 aromatic carbocycles. The van der Waals surface area contributed by atoms with Gasteiger partial charge >= 0.3 is 0 Å². The summed E-state index contributed by atoms with van der Waals surface area (Å²) in [4.78, 5) is 3.78. The van der Waals surface area contributed by atoms with Gasteiger partial charge in [-0.05, 0) is 11.6 Å². The molecule has 0 unspecified atom stereocenters. The lowest BCUT2D eigenvalue weighted by atomic mass is 10.1. The Balaban J connectivity index is 3.35. The van der Waals surface area contributed by atoms with Crippen LogP contribution in [0.2, 0.25) is 0 Å². The number of primary sulfonamides is 1. The topological polar surface area (TPSA) is 72.5 Å². The van der Waals surface area contributed by atoms with Crippen LogP contribution >= 0.6 is 0 Å². The van der Waals surface area contributed by atoms with Crippen LogP contribution in [0.25, 0.3) is 0 Å². The summed E-state index contributed by atoms with van der Waals surface area (Å²) in [6, 6.07) is 0. The van der Waals surface area contributed by atoms with Gasteiger partial charge in [0, 0.05) is 6.20 Å². The maximum atomic E-state index is 11.1. The summed E-state index contributed by atoms with van der Waals surface area (Å²) < 4.78 is 22.3. The van der Waals surface area contributed by atoms with Gasteiger partial charge < -0.3 is 0 Å². The van der Waals surface area contributed by atoms with Gasteiger partial charge in [-0.15, -0.1) is 0 Å². The minimum Gasteiger partial charge on any atom is -0.255 e. The predicted octanol–water partition coefficient (Wildman–Crippen LogP) is 0.869. The minimum absolute atomic E-state index is 0.0371. The van der Waals surface area contributed by atoms with Crippen molar-refractivity contribution in [3.63, 3.8) is 0 Å². The monoisotopic (exact) mass is 210 g/mol. The second-order valence-corrected chi connectivity index (χ2v) is 4.15. The Morgan fingerprint density at radius 3 is 2.64 bits per heavy atom. The summed E-state index contributed by atoms with van der Waals surface area (Å²) >= 11 is 0. The second-order valence-electron chi connectivity index (χ2n) is 2.62. The smallest absolute Gasteiger partial charge is 0.240 e. The van der Waals surface area contributed by atoms with Crippen LogP contribution in [0.4, 0.5) is 0 Å². The molecule has 1 rings (SSSR count). The molecular formula is C9H10N2O2S. The molecule has 0 heterocycles. The van der Waals surface area contributed by atoms with E-state index in [9.17, 15) is 8.42 Å². The van der Waals surface area contributed by atoms with Crippen molar-refractivity contribution in [2.45, 2.75) is 0 Å². The Kier molecular flexibility index (Phi) is 2.83. The molecule has 0 bridgehead atoms. The van der Waals surface area contributed by atoms with Gasteiger partial charge in [-0.25, -0.2) is 13.6 Å². The zero-order valence-corrected chi connectivity index (χ0v) is 8.29. The lowest BCUT2D eigenvalue weighted by molar-refractivity contribution is 0.605. The van der Waals surface area contributed by atoms with Gasteiger partial charge in [0.05, 0.1) is 5.71 Å². The molecule has 0 aromatic rings. The minimum atomic E-state index is -3.76. The number of hydrogen-bond donors (Lipinski definition) is 1. The van der Waals surface area contributed by atoms with E-state index >= 15 is 0 Å². The lowest BCUT2D eigenvalue weighted by Gasteiger charge is -2.11. The van der Waals surface area contributed by atoms with E-state index in [0.717, 1.165) is 0 Å². The maximum absolute atomic E-state index is 11.1. The second kappa shape index (κ2) is 3.73. The van der Waals surface area contributed by atoms with E-state index in [1.165, 1.54) is 12.3 Å². The average molecular weight is 210 g/mol. The third kappa shape index (κ3) is 2.07. The first-order chi connectivity index (χ1) is 6.46. The van der Waals surface area contributed by atoms with Crippen LogP contribution in [0.1, 0.15) is 0 Å². The van der Waals surface area contributed by atoms with E-state index in [1.807, 2.05) is 0 Å². The van der Waals surface area contributed by atoms with Gasteiger partial charge in [-0.1, -0.05) is 25.3 Å². The van der Waals surface area contributed by atoms with Crippen LogP contribution in [0.15, 0.2) is 53.1 Å². The SMILES string of the molecule is C=CN=C1C(=C)C=CC=C1S(N)(=O)=O. The first-order valence-electron chi connectivity index (χ1n) is 3.76. The van der Waals surface area contributed by atoms with Crippen molar-refractivity contribution in [3.05, 3.63) is 48.1 Å². The molecule has 0 saturated carbocycles. The van der Waals surface area contributed by atoms with Crippen LogP contribution < -0.4 is 5.14 Å². The van der Waals surface area contributed by atoms with E-state index < -0.39 is 10.0 Å². The third-order valence-electron chi connectivity index (χ3n) is 1.61. The molecule has 74 valence electrons. The molecule has 4 nitrogen and oxygen atoms in total. The molecule has 0 atom stereocenters. The molecule has 0 saturated heterocycles. The first-order valence-corrected chi connectivity index (χ1v) is 5.31. The van der Waals surface area contributed by atoms with Gasteiger partial charge in [0.1, 0.15) is 4.91 Å². The Bertz CT molecular complexity index is 467. The van der Waals surface area contributed by atoms with Crippen molar-refractivity contribution in [3.8, 4) is 0 Å². The molecule has 0 amide bonds. The molecule has 2 N–H and O–H groups in total. The van der Waals surface area contributed by atoms with Gasteiger partial charge in [0.15, 0.2) is 0 Å². The fraction of sp³-hybridized carbons (Fsp3) is 0. The maximum Gasteiger partial charge on any atom is 0.240 e. The zero-order chi connectivity index (χ0) is 10.8. The highest BCUT2D eigenvalue weighted by Gasteiger charge is 2.21. The quantitative estimate of drug-likeness (QED) is 0.734. The highest BCUT2D eigenvalue weighted by molar-refractivity contribution is 7.94. The normalized spacial score (nSPS) is 19.6. The number of rotatable bonds is 2. The predicted molar refractivity (Wildman–Crippen MR) is 57.1 cm³/mol. The van der Waals surface area contributed by atoms with Crippen molar-refractivity contribution in [2.75, 3.05) is 0 Å². The molecule has 0 aliphatic heterocycles.